The molecule has 0 N–H and O–H groups in total. The van der Waals surface area contributed by atoms with Crippen molar-refractivity contribution in [3.8, 4) is 5.75 Å². The first kappa shape index (κ1) is 14.7. The van der Waals surface area contributed by atoms with E-state index in [1.54, 1.807) is 17.4 Å². The fourth-order valence-corrected chi connectivity index (χ4v) is 3.99. The van der Waals surface area contributed by atoms with Crippen molar-refractivity contribution >= 4 is 38.8 Å². The largest absolute Gasteiger partial charge is 0.492 e. The molecule has 6 heteroatoms. The van der Waals surface area contributed by atoms with Gasteiger partial charge in [-0.3, -0.25) is 4.79 Å². The Morgan fingerprint density at radius 1 is 1.43 bits per heavy atom. The zero-order valence-electron chi connectivity index (χ0n) is 12.5. The SMILES string of the molecule is CCOc1csc2ccc(C(=O)c3cnoc3C3CC3)c(Cl)c12. The number of halogens is 1. The number of nitrogens with zero attached hydrogens (tertiary/aromatic N) is 1. The number of ketones is 1. The molecule has 3 aromatic rings. The van der Waals surface area contributed by atoms with Gasteiger partial charge in [0.2, 0.25) is 0 Å². The molecule has 1 fully saturated rings. The number of hydrogen-bond donors (Lipinski definition) is 0. The molecule has 4 rings (SSSR count). The maximum Gasteiger partial charge on any atom is 0.199 e. The molecule has 118 valence electrons. The van der Waals surface area contributed by atoms with E-state index in [9.17, 15) is 4.79 Å². The summed E-state index contributed by atoms with van der Waals surface area (Å²) in [5.41, 5.74) is 0.977. The van der Waals surface area contributed by atoms with Crippen LogP contribution in [-0.2, 0) is 0 Å². The second-order valence-electron chi connectivity index (χ2n) is 5.54. The summed E-state index contributed by atoms with van der Waals surface area (Å²) in [6, 6.07) is 3.68. The van der Waals surface area contributed by atoms with Crippen molar-refractivity contribution in [1.82, 2.24) is 5.16 Å². The molecule has 1 saturated carbocycles. The molecule has 2 aromatic heterocycles. The first-order valence-electron chi connectivity index (χ1n) is 7.52. The summed E-state index contributed by atoms with van der Waals surface area (Å²) in [6.07, 6.45) is 3.58. The van der Waals surface area contributed by atoms with E-state index in [4.69, 9.17) is 20.9 Å². The molecule has 1 aromatic carbocycles. The summed E-state index contributed by atoms with van der Waals surface area (Å²) in [7, 11) is 0. The van der Waals surface area contributed by atoms with E-state index in [1.165, 1.54) is 6.20 Å². The first-order valence-corrected chi connectivity index (χ1v) is 8.78. The number of ether oxygens (including phenoxy) is 1. The monoisotopic (exact) mass is 347 g/mol. The van der Waals surface area contributed by atoms with Gasteiger partial charge in [-0.05, 0) is 31.9 Å². The molecular formula is C17H14ClNO3S. The van der Waals surface area contributed by atoms with Gasteiger partial charge in [-0.1, -0.05) is 16.8 Å². The maximum atomic E-state index is 12.9. The van der Waals surface area contributed by atoms with E-state index >= 15 is 0 Å². The number of thiophene rings is 1. The van der Waals surface area contributed by atoms with Crippen molar-refractivity contribution in [2.75, 3.05) is 6.61 Å². The van der Waals surface area contributed by atoms with E-state index < -0.39 is 0 Å². The molecule has 0 aliphatic heterocycles. The Labute approximate surface area is 142 Å². The number of hydrogen-bond acceptors (Lipinski definition) is 5. The first-order chi connectivity index (χ1) is 11.2. The van der Waals surface area contributed by atoms with Gasteiger partial charge in [0, 0.05) is 21.6 Å². The predicted molar refractivity (Wildman–Crippen MR) is 89.9 cm³/mol. The van der Waals surface area contributed by atoms with Crippen LogP contribution in [0.1, 0.15) is 47.4 Å². The second kappa shape index (κ2) is 5.65. The highest BCUT2D eigenvalue weighted by Crippen LogP contribution is 2.43. The van der Waals surface area contributed by atoms with Gasteiger partial charge >= 0.3 is 0 Å². The minimum Gasteiger partial charge on any atom is -0.492 e. The smallest absolute Gasteiger partial charge is 0.199 e. The fraction of sp³-hybridized carbons (Fsp3) is 0.294. The van der Waals surface area contributed by atoms with Crippen LogP contribution in [0.4, 0.5) is 0 Å². The molecule has 0 spiro atoms. The molecule has 0 saturated heterocycles. The quantitative estimate of drug-likeness (QED) is 0.606. The van der Waals surface area contributed by atoms with Gasteiger partial charge in [-0.2, -0.15) is 0 Å². The van der Waals surface area contributed by atoms with Crippen LogP contribution in [0.5, 0.6) is 5.75 Å². The van der Waals surface area contributed by atoms with Crippen molar-refractivity contribution < 1.29 is 14.1 Å². The molecule has 0 amide bonds. The predicted octanol–water partition coefficient (Wildman–Crippen LogP) is 5.05. The van der Waals surface area contributed by atoms with Gasteiger partial charge in [-0.15, -0.1) is 11.3 Å². The lowest BCUT2D eigenvalue weighted by molar-refractivity contribution is 0.103. The van der Waals surface area contributed by atoms with Gasteiger partial charge < -0.3 is 9.26 Å². The molecule has 0 unspecified atom stereocenters. The summed E-state index contributed by atoms with van der Waals surface area (Å²) >= 11 is 8.09. The normalized spacial score (nSPS) is 14.3. The Balaban J connectivity index is 1.81. The average Bonchev–Trinajstić information content (AvgIpc) is 3.12. The molecule has 2 heterocycles. The Bertz CT molecular complexity index is 895. The molecular weight excluding hydrogens is 334 g/mol. The van der Waals surface area contributed by atoms with Crippen molar-refractivity contribution in [3.05, 3.63) is 45.6 Å². The van der Waals surface area contributed by atoms with Crippen LogP contribution in [0.2, 0.25) is 5.02 Å². The summed E-state index contributed by atoms with van der Waals surface area (Å²) < 4.78 is 11.9. The van der Waals surface area contributed by atoms with Crippen LogP contribution in [-0.4, -0.2) is 17.5 Å². The zero-order chi connectivity index (χ0) is 16.0. The minimum absolute atomic E-state index is 0.145. The lowest BCUT2D eigenvalue weighted by Gasteiger charge is -2.07. The summed E-state index contributed by atoms with van der Waals surface area (Å²) in [5, 5.41) is 6.95. The molecule has 0 radical (unpaired) electrons. The lowest BCUT2D eigenvalue weighted by Crippen LogP contribution is -2.04. The zero-order valence-corrected chi connectivity index (χ0v) is 14.0. The highest BCUT2D eigenvalue weighted by Gasteiger charge is 2.33. The highest BCUT2D eigenvalue weighted by atomic mass is 35.5. The highest BCUT2D eigenvalue weighted by molar-refractivity contribution is 7.17. The minimum atomic E-state index is -0.145. The van der Waals surface area contributed by atoms with Gasteiger partial charge in [0.05, 0.1) is 28.8 Å². The van der Waals surface area contributed by atoms with E-state index in [0.717, 1.165) is 28.7 Å². The van der Waals surface area contributed by atoms with Gasteiger partial charge in [0.1, 0.15) is 5.75 Å². The number of benzene rings is 1. The third kappa shape index (κ3) is 2.44. The standard InChI is InChI=1S/C17H14ClNO3S/c1-2-21-12-8-23-13-6-5-10(15(18)14(12)13)16(20)11-7-19-22-17(11)9-3-4-9/h5-9H,2-4H2,1H3. The van der Waals surface area contributed by atoms with Gasteiger partial charge in [0.25, 0.3) is 0 Å². The van der Waals surface area contributed by atoms with Gasteiger partial charge in [0.15, 0.2) is 11.5 Å². The lowest BCUT2D eigenvalue weighted by atomic mass is 10.0. The van der Waals surface area contributed by atoms with Crippen molar-refractivity contribution in [1.29, 1.82) is 0 Å². The van der Waals surface area contributed by atoms with E-state index in [2.05, 4.69) is 5.16 Å². The van der Waals surface area contributed by atoms with Crippen molar-refractivity contribution in [2.24, 2.45) is 0 Å². The molecule has 23 heavy (non-hydrogen) atoms. The third-order valence-electron chi connectivity index (χ3n) is 3.98. The number of rotatable bonds is 5. The Morgan fingerprint density at radius 3 is 3.00 bits per heavy atom. The summed E-state index contributed by atoms with van der Waals surface area (Å²) in [6.45, 7) is 2.48. The van der Waals surface area contributed by atoms with Crippen molar-refractivity contribution in [2.45, 2.75) is 25.7 Å². The van der Waals surface area contributed by atoms with E-state index in [1.807, 2.05) is 18.4 Å². The Kier molecular flexibility index (Phi) is 3.62. The van der Waals surface area contributed by atoms with Crippen LogP contribution in [0.25, 0.3) is 10.1 Å². The number of fused-ring (bicyclic) bond motifs is 1. The summed E-state index contributed by atoms with van der Waals surface area (Å²) in [4.78, 5) is 12.9. The van der Waals surface area contributed by atoms with Crippen LogP contribution >= 0.6 is 22.9 Å². The molecule has 0 atom stereocenters. The van der Waals surface area contributed by atoms with Crippen LogP contribution in [0, 0.1) is 0 Å². The molecule has 4 nitrogen and oxygen atoms in total. The second-order valence-corrected chi connectivity index (χ2v) is 6.83. The number of carbonyl (C=O) groups excluding carboxylic acids is 1. The van der Waals surface area contributed by atoms with Gasteiger partial charge in [-0.25, -0.2) is 0 Å². The molecule has 1 aliphatic rings. The fourth-order valence-electron chi connectivity index (χ4n) is 2.70. The topological polar surface area (TPSA) is 52.3 Å². The van der Waals surface area contributed by atoms with Crippen LogP contribution < -0.4 is 4.74 Å². The van der Waals surface area contributed by atoms with E-state index in [0.29, 0.717) is 34.4 Å². The Hall–Kier alpha value is -1.85. The molecule has 0 bridgehead atoms. The Morgan fingerprint density at radius 2 is 2.26 bits per heavy atom. The third-order valence-corrected chi connectivity index (χ3v) is 5.30. The van der Waals surface area contributed by atoms with Crippen LogP contribution in [0.15, 0.2) is 28.2 Å². The van der Waals surface area contributed by atoms with Crippen molar-refractivity contribution in [3.63, 3.8) is 0 Å². The summed E-state index contributed by atoms with van der Waals surface area (Å²) in [5.74, 6) is 1.58. The molecule has 1 aliphatic carbocycles. The van der Waals surface area contributed by atoms with Crippen LogP contribution in [0.3, 0.4) is 0 Å². The van der Waals surface area contributed by atoms with E-state index in [-0.39, 0.29) is 5.78 Å². The number of carbonyl (C=O) groups is 1. The maximum absolute atomic E-state index is 12.9. The number of aromatic nitrogens is 1. The average molecular weight is 348 g/mol.